The number of fused-ring (bicyclic) bond motifs is 1. The van der Waals surface area contributed by atoms with Crippen LogP contribution in [-0.4, -0.2) is 19.3 Å². The summed E-state index contributed by atoms with van der Waals surface area (Å²) in [6.45, 7) is 0. The van der Waals surface area contributed by atoms with Crippen LogP contribution in [0.4, 0.5) is 0 Å². The first-order chi connectivity index (χ1) is 7.54. The lowest BCUT2D eigenvalue weighted by Gasteiger charge is -2.19. The van der Waals surface area contributed by atoms with Crippen LogP contribution in [0, 0.1) is 0 Å². The van der Waals surface area contributed by atoms with E-state index in [2.05, 4.69) is 0 Å². The van der Waals surface area contributed by atoms with Crippen molar-refractivity contribution in [3.05, 3.63) is 38.7 Å². The van der Waals surface area contributed by atoms with Crippen LogP contribution in [0.2, 0.25) is 0 Å². The van der Waals surface area contributed by atoms with Gasteiger partial charge in [0, 0.05) is 4.88 Å². The Labute approximate surface area is 101 Å². The van der Waals surface area contributed by atoms with E-state index in [0.717, 1.165) is 0 Å². The molecule has 84 valence electrons. The van der Waals surface area contributed by atoms with Crippen LogP contribution in [-0.2, 0) is 15.4 Å². The second kappa shape index (κ2) is 3.16. The molecule has 0 amide bonds. The molecule has 0 aliphatic carbocycles. The third-order valence-corrected chi connectivity index (χ3v) is 6.69. The van der Waals surface area contributed by atoms with E-state index < -0.39 is 15.4 Å². The van der Waals surface area contributed by atoms with E-state index in [9.17, 15) is 13.5 Å². The van der Waals surface area contributed by atoms with Crippen molar-refractivity contribution in [1.29, 1.82) is 0 Å². The lowest BCUT2D eigenvalue weighted by atomic mass is 10.0. The molecule has 1 aliphatic heterocycles. The average molecular weight is 272 g/mol. The smallest absolute Gasteiger partial charge is 0.183 e. The van der Waals surface area contributed by atoms with Crippen molar-refractivity contribution < 1.29 is 13.5 Å². The molecule has 1 aliphatic rings. The van der Waals surface area contributed by atoms with Gasteiger partial charge in [-0.3, -0.25) is 0 Å². The first-order valence-corrected chi connectivity index (χ1v) is 8.02. The average Bonchev–Trinajstić information content (AvgIpc) is 2.90. The predicted octanol–water partition coefficient (Wildman–Crippen LogP) is 1.83. The van der Waals surface area contributed by atoms with E-state index >= 15 is 0 Å². The molecule has 1 atom stereocenters. The van der Waals surface area contributed by atoms with Gasteiger partial charge < -0.3 is 5.11 Å². The maximum atomic E-state index is 11.9. The van der Waals surface area contributed by atoms with Crippen LogP contribution in [0.5, 0.6) is 0 Å². The first kappa shape index (κ1) is 10.5. The van der Waals surface area contributed by atoms with Gasteiger partial charge in [-0.25, -0.2) is 8.42 Å². The molecule has 2 aromatic heterocycles. The van der Waals surface area contributed by atoms with Crippen molar-refractivity contribution in [2.24, 2.45) is 0 Å². The minimum Gasteiger partial charge on any atom is -0.378 e. The molecule has 3 nitrogen and oxygen atoms in total. The van der Waals surface area contributed by atoms with Gasteiger partial charge in [0.1, 0.15) is 5.60 Å². The van der Waals surface area contributed by atoms with Crippen LogP contribution >= 0.6 is 22.7 Å². The van der Waals surface area contributed by atoms with Gasteiger partial charge in [0.2, 0.25) is 0 Å². The third kappa shape index (κ3) is 1.24. The summed E-state index contributed by atoms with van der Waals surface area (Å²) in [7, 11) is -3.33. The van der Waals surface area contributed by atoms with Crippen LogP contribution in [0.3, 0.4) is 0 Å². The van der Waals surface area contributed by atoms with Gasteiger partial charge in [-0.15, -0.1) is 22.7 Å². The lowest BCUT2D eigenvalue weighted by Crippen LogP contribution is -2.27. The van der Waals surface area contributed by atoms with Crippen molar-refractivity contribution in [3.63, 3.8) is 0 Å². The predicted molar refractivity (Wildman–Crippen MR) is 63.7 cm³/mol. The van der Waals surface area contributed by atoms with Crippen LogP contribution in [0.25, 0.3) is 0 Å². The number of sulfone groups is 1. The highest BCUT2D eigenvalue weighted by molar-refractivity contribution is 7.92. The van der Waals surface area contributed by atoms with Crippen LogP contribution < -0.4 is 0 Å². The summed E-state index contributed by atoms with van der Waals surface area (Å²) in [6.07, 6.45) is 0. The Bertz CT molecular complexity index is 624. The van der Waals surface area contributed by atoms with Gasteiger partial charge >= 0.3 is 0 Å². The Morgan fingerprint density at radius 3 is 2.75 bits per heavy atom. The Morgan fingerprint density at radius 1 is 1.25 bits per heavy atom. The van der Waals surface area contributed by atoms with Crippen molar-refractivity contribution in [2.45, 2.75) is 10.5 Å². The fourth-order valence-corrected chi connectivity index (χ4v) is 6.28. The fraction of sp³-hybridized carbons (Fsp3) is 0.200. The zero-order valence-electron chi connectivity index (χ0n) is 8.08. The maximum Gasteiger partial charge on any atom is 0.183 e. The molecule has 0 aromatic carbocycles. The summed E-state index contributed by atoms with van der Waals surface area (Å²) in [5.41, 5.74) is -1.34. The fourth-order valence-electron chi connectivity index (χ4n) is 1.96. The number of thiophene rings is 2. The van der Waals surface area contributed by atoms with Gasteiger partial charge in [0.25, 0.3) is 0 Å². The number of hydrogen-bond acceptors (Lipinski definition) is 5. The van der Waals surface area contributed by atoms with Crippen molar-refractivity contribution in [3.8, 4) is 0 Å². The highest BCUT2D eigenvalue weighted by Crippen LogP contribution is 2.46. The molecule has 16 heavy (non-hydrogen) atoms. The Morgan fingerprint density at radius 2 is 2.06 bits per heavy atom. The number of rotatable bonds is 1. The minimum absolute atomic E-state index is 0.234. The standard InChI is InChI=1S/C10H8O3S3/c11-10(8-2-1-4-14-8)6-16(12,13)7-3-5-15-9(7)10/h1-5,11H,6H2. The van der Waals surface area contributed by atoms with Gasteiger partial charge in [-0.1, -0.05) is 6.07 Å². The summed E-state index contributed by atoms with van der Waals surface area (Å²) in [5.74, 6) is -0.234. The van der Waals surface area contributed by atoms with Gasteiger partial charge in [-0.05, 0) is 22.9 Å². The van der Waals surface area contributed by atoms with Gasteiger partial charge in [-0.2, -0.15) is 0 Å². The third-order valence-electron chi connectivity index (χ3n) is 2.67. The topological polar surface area (TPSA) is 54.4 Å². The molecule has 3 heterocycles. The molecule has 6 heteroatoms. The maximum absolute atomic E-state index is 11.9. The monoisotopic (exact) mass is 272 g/mol. The van der Waals surface area contributed by atoms with Crippen molar-refractivity contribution in [2.75, 3.05) is 5.75 Å². The molecule has 2 aromatic rings. The number of hydrogen-bond donors (Lipinski definition) is 1. The molecule has 0 fully saturated rings. The normalized spacial score (nSPS) is 26.8. The quantitative estimate of drug-likeness (QED) is 0.861. The van der Waals surface area contributed by atoms with Crippen molar-refractivity contribution in [1.82, 2.24) is 0 Å². The molecular weight excluding hydrogens is 264 g/mol. The molecule has 0 radical (unpaired) electrons. The summed E-state index contributed by atoms with van der Waals surface area (Å²) in [5, 5.41) is 14.1. The highest BCUT2D eigenvalue weighted by atomic mass is 32.2. The second-order valence-electron chi connectivity index (χ2n) is 3.71. The summed E-state index contributed by atoms with van der Waals surface area (Å²) < 4.78 is 23.8. The van der Waals surface area contributed by atoms with E-state index in [4.69, 9.17) is 0 Å². The number of aliphatic hydroxyl groups is 1. The van der Waals surface area contributed by atoms with Gasteiger partial charge in [0.15, 0.2) is 9.84 Å². The molecule has 3 rings (SSSR count). The van der Waals surface area contributed by atoms with E-state index in [1.807, 2.05) is 11.4 Å². The highest BCUT2D eigenvalue weighted by Gasteiger charge is 2.48. The lowest BCUT2D eigenvalue weighted by molar-refractivity contribution is 0.116. The van der Waals surface area contributed by atoms with E-state index in [0.29, 0.717) is 9.75 Å². The molecule has 0 saturated carbocycles. The molecule has 1 unspecified atom stereocenters. The molecule has 0 saturated heterocycles. The van der Waals surface area contributed by atoms with Crippen LogP contribution in [0.1, 0.15) is 9.75 Å². The van der Waals surface area contributed by atoms with Crippen LogP contribution in [0.15, 0.2) is 33.9 Å². The molecular formula is C10H8O3S3. The SMILES string of the molecule is O=S1(=O)CC(O)(c2cccs2)c2sccc21. The van der Waals surface area contributed by atoms with Crippen molar-refractivity contribution >= 4 is 32.5 Å². The largest absolute Gasteiger partial charge is 0.378 e. The zero-order chi connectivity index (χ0) is 11.4. The van der Waals surface area contributed by atoms with E-state index in [-0.39, 0.29) is 10.6 Å². The second-order valence-corrected chi connectivity index (χ2v) is 7.53. The summed E-state index contributed by atoms with van der Waals surface area (Å²) in [6, 6.07) is 5.16. The zero-order valence-corrected chi connectivity index (χ0v) is 10.5. The van der Waals surface area contributed by atoms with E-state index in [1.54, 1.807) is 17.5 Å². The first-order valence-electron chi connectivity index (χ1n) is 4.61. The Hall–Kier alpha value is -0.690. The summed E-state index contributed by atoms with van der Waals surface area (Å²) in [4.78, 5) is 1.53. The molecule has 0 bridgehead atoms. The molecule has 0 spiro atoms. The Kier molecular flexibility index (Phi) is 2.07. The van der Waals surface area contributed by atoms with Gasteiger partial charge in [0.05, 0.1) is 15.5 Å². The Balaban J connectivity index is 2.29. The van der Waals surface area contributed by atoms with E-state index in [1.165, 1.54) is 22.7 Å². The minimum atomic E-state index is -3.33. The summed E-state index contributed by atoms with van der Waals surface area (Å²) >= 11 is 2.68. The molecule has 1 N–H and O–H groups in total.